The molecule has 0 spiro atoms. The molecule has 118 valence electrons. The van der Waals surface area contributed by atoms with Crippen LogP contribution in [0.5, 0.6) is 0 Å². The first-order valence-corrected chi connectivity index (χ1v) is 7.56. The molecule has 0 aliphatic carbocycles. The van der Waals surface area contributed by atoms with Crippen molar-refractivity contribution in [3.8, 4) is 0 Å². The van der Waals surface area contributed by atoms with E-state index in [1.165, 1.54) is 17.8 Å². The van der Waals surface area contributed by atoms with Gasteiger partial charge in [-0.3, -0.25) is 0 Å². The molecular weight excluding hydrogens is 315 g/mol. The van der Waals surface area contributed by atoms with Crippen molar-refractivity contribution < 1.29 is 22.7 Å². The number of hydrogen-bond acceptors (Lipinski definition) is 5. The number of nitrogens with one attached hydrogen (secondary N) is 1. The lowest BCUT2D eigenvalue weighted by atomic mass is 10.1. The quantitative estimate of drug-likeness (QED) is 0.823. The van der Waals surface area contributed by atoms with E-state index in [1.54, 1.807) is 7.05 Å². The summed E-state index contributed by atoms with van der Waals surface area (Å²) in [6.45, 7) is 1.28. The van der Waals surface area contributed by atoms with Crippen LogP contribution in [0.2, 0.25) is 0 Å². The van der Waals surface area contributed by atoms with Gasteiger partial charge in [0.25, 0.3) is 0 Å². The molecule has 0 aliphatic heterocycles. The summed E-state index contributed by atoms with van der Waals surface area (Å²) in [5.74, 6) is -2.51. The second-order valence-electron chi connectivity index (χ2n) is 4.61. The maximum atomic E-state index is 14.1. The Labute approximate surface area is 125 Å². The first-order valence-electron chi connectivity index (χ1n) is 6.08. The molecule has 2 aromatic rings. The molecule has 0 radical (unpaired) electrons. The fourth-order valence-corrected chi connectivity index (χ4v) is 2.95. The molecule has 2 rings (SSSR count). The molecular formula is C12H13FN4O4S. The van der Waals surface area contributed by atoms with E-state index in [2.05, 4.69) is 14.9 Å². The number of halogens is 1. The maximum absolute atomic E-state index is 14.1. The number of aromatic carboxylic acids is 1. The van der Waals surface area contributed by atoms with Crippen LogP contribution >= 0.6 is 0 Å². The van der Waals surface area contributed by atoms with Crippen molar-refractivity contribution in [3.63, 3.8) is 0 Å². The summed E-state index contributed by atoms with van der Waals surface area (Å²) < 4.78 is 42.1. The van der Waals surface area contributed by atoms with Gasteiger partial charge in [-0.1, -0.05) is 0 Å². The summed E-state index contributed by atoms with van der Waals surface area (Å²) in [5.41, 5.74) is -0.378. The molecule has 0 fully saturated rings. The zero-order chi connectivity index (χ0) is 16.5. The Morgan fingerprint density at radius 1 is 1.45 bits per heavy atom. The van der Waals surface area contributed by atoms with Crippen LogP contribution in [-0.4, -0.2) is 34.3 Å². The molecule has 0 atom stereocenters. The number of carboxylic acids is 1. The Morgan fingerprint density at radius 3 is 2.68 bits per heavy atom. The Morgan fingerprint density at radius 2 is 2.14 bits per heavy atom. The largest absolute Gasteiger partial charge is 0.478 e. The fourth-order valence-electron chi connectivity index (χ4n) is 1.79. The number of benzene rings is 1. The molecule has 10 heteroatoms. The standard InChI is InChI=1S/C12H13FN4O4S/c1-7-3-8(12(18)19)11(13)9(4-7)22(20,21)15-5-10-16-14-6-17(10)2/h3-4,6,15H,5H2,1-2H3,(H,18,19). The topological polar surface area (TPSA) is 114 Å². The highest BCUT2D eigenvalue weighted by Gasteiger charge is 2.25. The van der Waals surface area contributed by atoms with Crippen LogP contribution in [0.4, 0.5) is 4.39 Å². The van der Waals surface area contributed by atoms with Crippen molar-refractivity contribution in [1.29, 1.82) is 0 Å². The van der Waals surface area contributed by atoms with Gasteiger partial charge in [0.15, 0.2) is 5.82 Å². The van der Waals surface area contributed by atoms with E-state index in [9.17, 15) is 17.6 Å². The minimum Gasteiger partial charge on any atom is -0.478 e. The molecule has 2 N–H and O–H groups in total. The summed E-state index contributed by atoms with van der Waals surface area (Å²) >= 11 is 0. The molecule has 1 heterocycles. The third kappa shape index (κ3) is 3.12. The predicted octanol–water partition coefficient (Wildman–Crippen LogP) is 0.439. The highest BCUT2D eigenvalue weighted by molar-refractivity contribution is 7.89. The summed E-state index contributed by atoms with van der Waals surface area (Å²) in [4.78, 5) is 10.2. The Hall–Kier alpha value is -2.33. The van der Waals surface area contributed by atoms with Crippen LogP contribution in [-0.2, 0) is 23.6 Å². The predicted molar refractivity (Wildman–Crippen MR) is 73.1 cm³/mol. The van der Waals surface area contributed by atoms with E-state index in [0.29, 0.717) is 11.4 Å². The number of sulfonamides is 1. The molecule has 0 aliphatic rings. The molecule has 1 aromatic carbocycles. The molecule has 0 amide bonds. The number of hydrogen-bond donors (Lipinski definition) is 2. The molecule has 0 bridgehead atoms. The van der Waals surface area contributed by atoms with E-state index in [0.717, 1.165) is 12.1 Å². The SMILES string of the molecule is Cc1cc(C(=O)O)c(F)c(S(=O)(=O)NCc2nncn2C)c1. The zero-order valence-electron chi connectivity index (χ0n) is 11.7. The average molecular weight is 328 g/mol. The molecule has 0 saturated carbocycles. The lowest BCUT2D eigenvalue weighted by molar-refractivity contribution is 0.0691. The van der Waals surface area contributed by atoms with Crippen LogP contribution in [0.1, 0.15) is 21.7 Å². The van der Waals surface area contributed by atoms with Crippen molar-refractivity contribution in [2.24, 2.45) is 7.05 Å². The summed E-state index contributed by atoms with van der Waals surface area (Å²) in [7, 11) is -2.61. The van der Waals surface area contributed by atoms with Crippen LogP contribution < -0.4 is 4.72 Å². The fraction of sp³-hybridized carbons (Fsp3) is 0.250. The second kappa shape index (κ2) is 5.81. The van der Waals surface area contributed by atoms with Gasteiger partial charge in [0.05, 0.1) is 12.1 Å². The van der Waals surface area contributed by atoms with Gasteiger partial charge >= 0.3 is 5.97 Å². The minimum atomic E-state index is -4.23. The van der Waals surface area contributed by atoms with Crippen molar-refractivity contribution in [3.05, 3.63) is 41.2 Å². The van der Waals surface area contributed by atoms with Crippen molar-refractivity contribution in [1.82, 2.24) is 19.5 Å². The Kier molecular flexibility index (Phi) is 4.24. The molecule has 0 saturated heterocycles. The van der Waals surface area contributed by atoms with Gasteiger partial charge in [0, 0.05) is 7.05 Å². The van der Waals surface area contributed by atoms with E-state index in [4.69, 9.17) is 5.11 Å². The van der Waals surface area contributed by atoms with Gasteiger partial charge in [0.1, 0.15) is 17.0 Å². The monoisotopic (exact) mass is 328 g/mol. The van der Waals surface area contributed by atoms with Crippen molar-refractivity contribution in [2.75, 3.05) is 0 Å². The highest BCUT2D eigenvalue weighted by atomic mass is 32.2. The van der Waals surface area contributed by atoms with E-state index in [-0.39, 0.29) is 6.54 Å². The second-order valence-corrected chi connectivity index (χ2v) is 6.35. The highest BCUT2D eigenvalue weighted by Crippen LogP contribution is 2.21. The number of rotatable bonds is 5. The molecule has 1 aromatic heterocycles. The minimum absolute atomic E-state index is 0.200. The molecule has 0 unspecified atom stereocenters. The summed E-state index contributed by atoms with van der Waals surface area (Å²) in [5, 5.41) is 16.2. The van der Waals surface area contributed by atoms with E-state index >= 15 is 0 Å². The first kappa shape index (κ1) is 16.0. The van der Waals surface area contributed by atoms with Gasteiger partial charge in [-0.05, 0) is 24.6 Å². The first-order chi connectivity index (χ1) is 10.2. The van der Waals surface area contributed by atoms with Crippen LogP contribution in [0.25, 0.3) is 0 Å². The van der Waals surface area contributed by atoms with Gasteiger partial charge < -0.3 is 9.67 Å². The van der Waals surface area contributed by atoms with Gasteiger partial charge in [0.2, 0.25) is 10.0 Å². The van der Waals surface area contributed by atoms with Crippen molar-refractivity contribution >= 4 is 16.0 Å². The maximum Gasteiger partial charge on any atom is 0.338 e. The Bertz CT molecular complexity index is 832. The number of carbonyl (C=O) groups is 1. The lowest BCUT2D eigenvalue weighted by Crippen LogP contribution is -2.26. The molecule has 22 heavy (non-hydrogen) atoms. The third-order valence-corrected chi connectivity index (χ3v) is 4.33. The lowest BCUT2D eigenvalue weighted by Gasteiger charge is -2.10. The average Bonchev–Trinajstić information content (AvgIpc) is 2.84. The van der Waals surface area contributed by atoms with E-state index < -0.39 is 32.3 Å². The normalized spacial score (nSPS) is 11.6. The number of nitrogens with zero attached hydrogens (tertiary/aromatic N) is 3. The van der Waals surface area contributed by atoms with Crippen LogP contribution in [0, 0.1) is 12.7 Å². The Balaban J connectivity index is 2.37. The number of carboxylic acid groups (broad SMARTS) is 1. The number of aryl methyl sites for hydroxylation is 2. The van der Waals surface area contributed by atoms with Gasteiger partial charge in [-0.25, -0.2) is 22.3 Å². The van der Waals surface area contributed by atoms with Crippen LogP contribution in [0.3, 0.4) is 0 Å². The molecule has 8 nitrogen and oxygen atoms in total. The number of aromatic nitrogens is 3. The van der Waals surface area contributed by atoms with Crippen LogP contribution in [0.15, 0.2) is 23.4 Å². The summed E-state index contributed by atoms with van der Waals surface area (Å²) in [6, 6.07) is 2.14. The smallest absolute Gasteiger partial charge is 0.338 e. The zero-order valence-corrected chi connectivity index (χ0v) is 12.6. The summed E-state index contributed by atoms with van der Waals surface area (Å²) in [6.07, 6.45) is 1.39. The van der Waals surface area contributed by atoms with Gasteiger partial charge in [-0.2, -0.15) is 0 Å². The van der Waals surface area contributed by atoms with E-state index in [1.807, 2.05) is 0 Å². The third-order valence-electron chi connectivity index (χ3n) is 2.93. The van der Waals surface area contributed by atoms with Crippen molar-refractivity contribution in [2.45, 2.75) is 18.4 Å². The van der Waals surface area contributed by atoms with Gasteiger partial charge in [-0.15, -0.1) is 10.2 Å².